The van der Waals surface area contributed by atoms with Crippen molar-refractivity contribution in [3.8, 4) is 0 Å². The third-order valence-corrected chi connectivity index (χ3v) is 4.55. The molecule has 108 valence electrons. The number of nitrogens with two attached hydrogens (primary N) is 1. The summed E-state index contributed by atoms with van der Waals surface area (Å²) in [4.78, 5) is 10.4. The van der Waals surface area contributed by atoms with Crippen molar-refractivity contribution in [1.82, 2.24) is 19.3 Å². The normalized spacial score (nSPS) is 11.9. The summed E-state index contributed by atoms with van der Waals surface area (Å²) in [6.45, 7) is 1.05. The standard InChI is InChI=1S/C12H17N5O2S/c13-4-2-6-17(9-11-3-1-5-14-7-11)20(18,19)12-8-15-10-16-12/h1,3,5,7-8,10H,2,4,6,9,13H2,(H,15,16). The van der Waals surface area contributed by atoms with Crippen LogP contribution >= 0.6 is 0 Å². The number of rotatable bonds is 7. The van der Waals surface area contributed by atoms with Crippen molar-refractivity contribution >= 4 is 10.0 Å². The van der Waals surface area contributed by atoms with Gasteiger partial charge in [-0.25, -0.2) is 13.4 Å². The van der Waals surface area contributed by atoms with E-state index in [4.69, 9.17) is 5.73 Å². The van der Waals surface area contributed by atoms with Crippen molar-refractivity contribution in [3.63, 3.8) is 0 Å². The molecule has 2 heterocycles. The second kappa shape index (κ2) is 6.60. The molecule has 0 spiro atoms. The maximum atomic E-state index is 12.5. The fourth-order valence-corrected chi connectivity index (χ4v) is 3.13. The monoisotopic (exact) mass is 295 g/mol. The lowest BCUT2D eigenvalue weighted by atomic mass is 10.3. The number of pyridine rings is 1. The van der Waals surface area contributed by atoms with Crippen LogP contribution in [0.2, 0.25) is 0 Å². The lowest BCUT2D eigenvalue weighted by molar-refractivity contribution is 0.400. The van der Waals surface area contributed by atoms with E-state index in [9.17, 15) is 8.42 Å². The van der Waals surface area contributed by atoms with Crippen LogP contribution in [0.25, 0.3) is 0 Å². The Morgan fingerprint density at radius 3 is 2.75 bits per heavy atom. The Kier molecular flexibility index (Phi) is 4.83. The molecular formula is C12H17N5O2S. The molecule has 0 bridgehead atoms. The summed E-state index contributed by atoms with van der Waals surface area (Å²) in [5.41, 5.74) is 6.30. The van der Waals surface area contributed by atoms with E-state index >= 15 is 0 Å². The van der Waals surface area contributed by atoms with Gasteiger partial charge in [0.25, 0.3) is 10.0 Å². The lowest BCUT2D eigenvalue weighted by Gasteiger charge is -2.20. The van der Waals surface area contributed by atoms with Gasteiger partial charge in [0.1, 0.15) is 0 Å². The SMILES string of the molecule is NCCCN(Cc1cccnc1)S(=O)(=O)c1cnc[nH]1. The molecule has 2 aromatic rings. The Morgan fingerprint density at radius 1 is 1.30 bits per heavy atom. The molecule has 0 radical (unpaired) electrons. The zero-order chi connectivity index (χ0) is 14.4. The molecule has 3 N–H and O–H groups in total. The molecule has 0 atom stereocenters. The lowest BCUT2D eigenvalue weighted by Crippen LogP contribution is -2.32. The zero-order valence-electron chi connectivity index (χ0n) is 10.9. The van der Waals surface area contributed by atoms with Gasteiger partial charge in [-0.15, -0.1) is 0 Å². The predicted octanol–water partition coefficient (Wildman–Crippen LogP) is 0.344. The third-order valence-electron chi connectivity index (χ3n) is 2.78. The molecule has 0 aromatic carbocycles. The van der Waals surface area contributed by atoms with E-state index < -0.39 is 10.0 Å². The van der Waals surface area contributed by atoms with Gasteiger partial charge in [0, 0.05) is 25.5 Å². The largest absolute Gasteiger partial charge is 0.335 e. The molecule has 0 saturated heterocycles. The minimum Gasteiger partial charge on any atom is -0.335 e. The second-order valence-corrected chi connectivity index (χ2v) is 6.16. The molecule has 7 nitrogen and oxygen atoms in total. The van der Waals surface area contributed by atoms with Gasteiger partial charge < -0.3 is 10.7 Å². The van der Waals surface area contributed by atoms with Gasteiger partial charge in [-0.1, -0.05) is 6.07 Å². The topological polar surface area (TPSA) is 105 Å². The molecule has 2 aromatic heterocycles. The maximum Gasteiger partial charge on any atom is 0.260 e. The van der Waals surface area contributed by atoms with Crippen LogP contribution in [0.5, 0.6) is 0 Å². The average Bonchev–Trinajstić information content (AvgIpc) is 2.99. The summed E-state index contributed by atoms with van der Waals surface area (Å²) < 4.78 is 26.4. The maximum absolute atomic E-state index is 12.5. The molecule has 8 heteroatoms. The van der Waals surface area contributed by atoms with Crippen molar-refractivity contribution in [2.75, 3.05) is 13.1 Å². The van der Waals surface area contributed by atoms with Gasteiger partial charge >= 0.3 is 0 Å². The molecule has 2 rings (SSSR count). The Labute approximate surface area is 117 Å². The minimum absolute atomic E-state index is 0.0819. The molecule has 0 amide bonds. The Hall–Kier alpha value is -1.77. The van der Waals surface area contributed by atoms with Gasteiger partial charge in [0.05, 0.1) is 12.5 Å². The van der Waals surface area contributed by atoms with E-state index in [-0.39, 0.29) is 11.6 Å². The van der Waals surface area contributed by atoms with Gasteiger partial charge in [0.2, 0.25) is 0 Å². The van der Waals surface area contributed by atoms with E-state index in [0.29, 0.717) is 19.5 Å². The van der Waals surface area contributed by atoms with Crippen LogP contribution in [0.1, 0.15) is 12.0 Å². The van der Waals surface area contributed by atoms with Crippen LogP contribution in [0.15, 0.2) is 42.1 Å². The first-order valence-corrected chi connectivity index (χ1v) is 7.66. The number of nitrogens with zero attached hydrogens (tertiary/aromatic N) is 3. The van der Waals surface area contributed by atoms with E-state index in [1.165, 1.54) is 16.8 Å². The first-order chi connectivity index (χ1) is 9.64. The summed E-state index contributed by atoms with van der Waals surface area (Å²) in [6.07, 6.45) is 6.54. The summed E-state index contributed by atoms with van der Waals surface area (Å²) >= 11 is 0. The summed E-state index contributed by atoms with van der Waals surface area (Å²) in [5, 5.41) is 0.0819. The Morgan fingerprint density at radius 2 is 2.15 bits per heavy atom. The molecule has 0 aliphatic heterocycles. The average molecular weight is 295 g/mol. The highest BCUT2D eigenvalue weighted by Crippen LogP contribution is 2.15. The van der Waals surface area contributed by atoms with Gasteiger partial charge in [-0.05, 0) is 24.6 Å². The van der Waals surface area contributed by atoms with Gasteiger partial charge in [0.15, 0.2) is 5.03 Å². The number of aromatic amines is 1. The highest BCUT2D eigenvalue weighted by Gasteiger charge is 2.25. The zero-order valence-corrected chi connectivity index (χ0v) is 11.8. The predicted molar refractivity (Wildman–Crippen MR) is 74.1 cm³/mol. The number of nitrogens with one attached hydrogen (secondary N) is 1. The first kappa shape index (κ1) is 14.6. The highest BCUT2D eigenvalue weighted by atomic mass is 32.2. The Bertz CT molecular complexity index is 613. The molecule has 20 heavy (non-hydrogen) atoms. The number of imidazole rings is 1. The van der Waals surface area contributed by atoms with E-state index in [1.807, 2.05) is 6.07 Å². The summed E-state index contributed by atoms with van der Waals surface area (Å²) in [5.74, 6) is 0. The van der Waals surface area contributed by atoms with Crippen LogP contribution in [-0.2, 0) is 16.6 Å². The number of hydrogen-bond acceptors (Lipinski definition) is 5. The van der Waals surface area contributed by atoms with Crippen molar-refractivity contribution in [3.05, 3.63) is 42.6 Å². The quantitative estimate of drug-likeness (QED) is 0.766. The van der Waals surface area contributed by atoms with E-state index in [1.54, 1.807) is 18.5 Å². The fraction of sp³-hybridized carbons (Fsp3) is 0.333. The number of aromatic nitrogens is 3. The van der Waals surface area contributed by atoms with Crippen molar-refractivity contribution in [2.24, 2.45) is 5.73 Å². The second-order valence-electron chi connectivity index (χ2n) is 4.26. The van der Waals surface area contributed by atoms with Gasteiger partial charge in [-0.3, -0.25) is 4.98 Å². The van der Waals surface area contributed by atoms with Crippen LogP contribution < -0.4 is 5.73 Å². The first-order valence-electron chi connectivity index (χ1n) is 6.22. The van der Waals surface area contributed by atoms with Crippen molar-refractivity contribution in [1.29, 1.82) is 0 Å². The molecule has 0 fully saturated rings. The van der Waals surface area contributed by atoms with Crippen LogP contribution in [-0.4, -0.2) is 40.8 Å². The number of hydrogen-bond donors (Lipinski definition) is 2. The molecular weight excluding hydrogens is 278 g/mol. The smallest absolute Gasteiger partial charge is 0.260 e. The Balaban J connectivity index is 2.23. The number of sulfonamides is 1. The minimum atomic E-state index is -3.60. The fourth-order valence-electron chi connectivity index (χ4n) is 1.77. The van der Waals surface area contributed by atoms with Crippen LogP contribution in [0.4, 0.5) is 0 Å². The summed E-state index contributed by atoms with van der Waals surface area (Å²) in [6, 6.07) is 3.62. The molecule has 0 unspecified atom stereocenters. The molecule has 0 aliphatic rings. The molecule has 0 aliphatic carbocycles. The highest BCUT2D eigenvalue weighted by molar-refractivity contribution is 7.89. The van der Waals surface area contributed by atoms with E-state index in [0.717, 1.165) is 5.56 Å². The van der Waals surface area contributed by atoms with Crippen LogP contribution in [0.3, 0.4) is 0 Å². The van der Waals surface area contributed by atoms with Crippen LogP contribution in [0, 0.1) is 0 Å². The number of H-pyrrole nitrogens is 1. The van der Waals surface area contributed by atoms with Crippen molar-refractivity contribution in [2.45, 2.75) is 18.0 Å². The van der Waals surface area contributed by atoms with Crippen molar-refractivity contribution < 1.29 is 8.42 Å². The van der Waals surface area contributed by atoms with Gasteiger partial charge in [-0.2, -0.15) is 4.31 Å². The molecule has 0 saturated carbocycles. The van der Waals surface area contributed by atoms with E-state index in [2.05, 4.69) is 15.0 Å². The third kappa shape index (κ3) is 3.41. The summed E-state index contributed by atoms with van der Waals surface area (Å²) in [7, 11) is -3.60.